The van der Waals surface area contributed by atoms with E-state index in [0.717, 1.165) is 0 Å². The molecule has 2 aromatic rings. The number of carbonyl (C=O) groups is 1. The second kappa shape index (κ2) is 5.41. The lowest BCUT2D eigenvalue weighted by molar-refractivity contribution is 0.0955. The average molecular weight is 302 g/mol. The SMILES string of the molecule is CNC(=O)c1noc(C)c1Nc1nc(Cl)ncc1Cl. The van der Waals surface area contributed by atoms with Gasteiger partial charge in [0.1, 0.15) is 10.7 Å². The highest BCUT2D eigenvalue weighted by atomic mass is 35.5. The van der Waals surface area contributed by atoms with Gasteiger partial charge in [-0.05, 0) is 18.5 Å². The van der Waals surface area contributed by atoms with Crippen LogP contribution in [0.3, 0.4) is 0 Å². The maximum absolute atomic E-state index is 11.6. The molecule has 2 rings (SSSR count). The van der Waals surface area contributed by atoms with Crippen LogP contribution < -0.4 is 10.6 Å². The van der Waals surface area contributed by atoms with Gasteiger partial charge in [0.2, 0.25) is 5.28 Å². The van der Waals surface area contributed by atoms with E-state index in [1.54, 1.807) is 6.92 Å². The Balaban J connectivity index is 2.40. The van der Waals surface area contributed by atoms with E-state index >= 15 is 0 Å². The quantitative estimate of drug-likeness (QED) is 0.844. The fraction of sp³-hybridized carbons (Fsp3) is 0.200. The number of anilines is 2. The first-order chi connectivity index (χ1) is 9.02. The van der Waals surface area contributed by atoms with Crippen molar-refractivity contribution < 1.29 is 9.32 Å². The van der Waals surface area contributed by atoms with Crippen LogP contribution >= 0.6 is 23.2 Å². The van der Waals surface area contributed by atoms with Crippen LogP contribution in [0.2, 0.25) is 10.3 Å². The number of hydrogen-bond acceptors (Lipinski definition) is 6. The Morgan fingerprint density at radius 3 is 2.84 bits per heavy atom. The first kappa shape index (κ1) is 13.6. The van der Waals surface area contributed by atoms with Crippen molar-refractivity contribution in [3.63, 3.8) is 0 Å². The molecular formula is C10H9Cl2N5O2. The Bertz CT molecular complexity index is 628. The number of hydrogen-bond donors (Lipinski definition) is 2. The molecule has 9 heteroatoms. The third-order valence-electron chi connectivity index (χ3n) is 2.26. The van der Waals surface area contributed by atoms with Gasteiger partial charge in [-0.25, -0.2) is 4.98 Å². The summed E-state index contributed by atoms with van der Waals surface area (Å²) < 4.78 is 4.97. The van der Waals surface area contributed by atoms with Crippen molar-refractivity contribution in [1.29, 1.82) is 0 Å². The predicted octanol–water partition coefficient (Wildman–Crippen LogP) is 2.18. The summed E-state index contributed by atoms with van der Waals surface area (Å²) in [7, 11) is 1.49. The zero-order chi connectivity index (χ0) is 14.0. The molecule has 0 bridgehead atoms. The zero-order valence-electron chi connectivity index (χ0n) is 9.99. The largest absolute Gasteiger partial charge is 0.359 e. The Morgan fingerprint density at radius 1 is 1.42 bits per heavy atom. The first-order valence-electron chi connectivity index (χ1n) is 5.16. The van der Waals surface area contributed by atoms with Crippen LogP contribution in [0.1, 0.15) is 16.2 Å². The van der Waals surface area contributed by atoms with Crippen molar-refractivity contribution in [2.24, 2.45) is 0 Å². The number of aryl methyl sites for hydroxylation is 1. The second-order valence-electron chi connectivity index (χ2n) is 3.50. The lowest BCUT2D eigenvalue weighted by atomic mass is 10.3. The van der Waals surface area contributed by atoms with Gasteiger partial charge in [0.15, 0.2) is 17.3 Å². The van der Waals surface area contributed by atoms with Gasteiger partial charge >= 0.3 is 0 Å². The highest BCUT2D eigenvalue weighted by molar-refractivity contribution is 6.33. The number of aromatic nitrogens is 3. The molecule has 0 aliphatic carbocycles. The molecule has 7 nitrogen and oxygen atoms in total. The molecule has 2 aromatic heterocycles. The van der Waals surface area contributed by atoms with Crippen molar-refractivity contribution in [3.05, 3.63) is 28.0 Å². The predicted molar refractivity (Wildman–Crippen MR) is 70.0 cm³/mol. The summed E-state index contributed by atoms with van der Waals surface area (Å²) in [6.07, 6.45) is 1.35. The maximum Gasteiger partial charge on any atom is 0.275 e. The Labute approximate surface area is 118 Å². The minimum Gasteiger partial charge on any atom is -0.359 e. The van der Waals surface area contributed by atoms with Gasteiger partial charge in [0.25, 0.3) is 5.91 Å². The number of nitrogens with one attached hydrogen (secondary N) is 2. The monoisotopic (exact) mass is 301 g/mol. The fourth-order valence-electron chi connectivity index (χ4n) is 1.34. The van der Waals surface area contributed by atoms with Crippen LogP contribution in [0.4, 0.5) is 11.5 Å². The summed E-state index contributed by atoms with van der Waals surface area (Å²) in [6, 6.07) is 0. The van der Waals surface area contributed by atoms with Crippen molar-refractivity contribution in [2.75, 3.05) is 12.4 Å². The summed E-state index contributed by atoms with van der Waals surface area (Å²) in [5.74, 6) is 0.290. The van der Waals surface area contributed by atoms with E-state index in [1.807, 2.05) is 0 Å². The van der Waals surface area contributed by atoms with Crippen LogP contribution in [-0.2, 0) is 0 Å². The minimum absolute atomic E-state index is 0.0301. The van der Waals surface area contributed by atoms with E-state index in [-0.39, 0.29) is 21.8 Å². The van der Waals surface area contributed by atoms with Crippen LogP contribution in [0.15, 0.2) is 10.7 Å². The molecule has 0 aliphatic rings. The van der Waals surface area contributed by atoms with Gasteiger partial charge in [-0.3, -0.25) is 4.79 Å². The van der Waals surface area contributed by atoms with E-state index in [4.69, 9.17) is 27.7 Å². The van der Waals surface area contributed by atoms with Crippen LogP contribution in [-0.4, -0.2) is 28.1 Å². The van der Waals surface area contributed by atoms with Gasteiger partial charge in [-0.15, -0.1) is 0 Å². The highest BCUT2D eigenvalue weighted by Gasteiger charge is 2.20. The van der Waals surface area contributed by atoms with Crippen molar-refractivity contribution >= 4 is 40.6 Å². The molecule has 19 heavy (non-hydrogen) atoms. The van der Waals surface area contributed by atoms with Gasteiger partial charge < -0.3 is 15.2 Å². The third kappa shape index (κ3) is 2.77. The Kier molecular flexibility index (Phi) is 3.87. The van der Waals surface area contributed by atoms with E-state index in [9.17, 15) is 4.79 Å². The smallest absolute Gasteiger partial charge is 0.275 e. The molecule has 2 N–H and O–H groups in total. The van der Waals surface area contributed by atoms with Gasteiger partial charge in [-0.1, -0.05) is 16.8 Å². The molecule has 0 saturated carbocycles. The van der Waals surface area contributed by atoms with Crippen LogP contribution in [0, 0.1) is 6.92 Å². The van der Waals surface area contributed by atoms with Crippen molar-refractivity contribution in [3.8, 4) is 0 Å². The molecule has 1 amide bonds. The fourth-order valence-corrected chi connectivity index (χ4v) is 1.62. The molecule has 0 atom stereocenters. The second-order valence-corrected chi connectivity index (χ2v) is 4.25. The van der Waals surface area contributed by atoms with Crippen LogP contribution in [0.25, 0.3) is 0 Å². The molecule has 0 radical (unpaired) electrons. The molecule has 0 spiro atoms. The number of halogens is 2. The number of rotatable bonds is 3. The molecule has 0 saturated heterocycles. The Morgan fingerprint density at radius 2 is 2.16 bits per heavy atom. The van der Waals surface area contributed by atoms with Crippen molar-refractivity contribution in [1.82, 2.24) is 20.4 Å². The summed E-state index contributed by atoms with van der Waals surface area (Å²) >= 11 is 11.6. The normalized spacial score (nSPS) is 10.3. The zero-order valence-corrected chi connectivity index (χ0v) is 11.5. The minimum atomic E-state index is -0.393. The van der Waals surface area contributed by atoms with E-state index in [0.29, 0.717) is 11.4 Å². The third-order valence-corrected chi connectivity index (χ3v) is 2.72. The molecule has 0 fully saturated rings. The molecule has 0 unspecified atom stereocenters. The van der Waals surface area contributed by atoms with E-state index in [1.165, 1.54) is 13.2 Å². The molecule has 0 aliphatic heterocycles. The Hall–Kier alpha value is -1.86. The van der Waals surface area contributed by atoms with Crippen molar-refractivity contribution in [2.45, 2.75) is 6.92 Å². The number of nitrogens with zero attached hydrogens (tertiary/aromatic N) is 3. The highest BCUT2D eigenvalue weighted by Crippen LogP contribution is 2.28. The molecule has 2 heterocycles. The summed E-state index contributed by atoms with van der Waals surface area (Å²) in [6.45, 7) is 1.65. The van der Waals surface area contributed by atoms with Gasteiger partial charge in [0, 0.05) is 7.05 Å². The number of amides is 1. The lowest BCUT2D eigenvalue weighted by Crippen LogP contribution is -2.19. The first-order valence-corrected chi connectivity index (χ1v) is 5.92. The molecule has 100 valence electrons. The van der Waals surface area contributed by atoms with E-state index < -0.39 is 5.91 Å². The summed E-state index contributed by atoms with van der Waals surface area (Å²) in [5, 5.41) is 9.27. The van der Waals surface area contributed by atoms with Gasteiger partial charge in [0.05, 0.1) is 6.20 Å². The average Bonchev–Trinajstić information content (AvgIpc) is 2.75. The molecule has 0 aromatic carbocycles. The summed E-state index contributed by atoms with van der Waals surface area (Å²) in [4.78, 5) is 19.3. The maximum atomic E-state index is 11.6. The van der Waals surface area contributed by atoms with Gasteiger partial charge in [-0.2, -0.15) is 4.98 Å². The summed E-state index contributed by atoms with van der Waals surface area (Å²) in [5.41, 5.74) is 0.474. The van der Waals surface area contributed by atoms with E-state index in [2.05, 4.69) is 25.8 Å². The number of carbonyl (C=O) groups excluding carboxylic acids is 1. The standard InChI is InChI=1S/C10H9Cl2N5O2/c1-4-6(7(17-19-4)9(18)13-2)15-8-5(11)3-14-10(12)16-8/h3H,1-2H3,(H,13,18)(H,14,15,16). The molecular weight excluding hydrogens is 293 g/mol. The lowest BCUT2D eigenvalue weighted by Gasteiger charge is -2.06. The topological polar surface area (TPSA) is 92.9 Å². The van der Waals surface area contributed by atoms with Crippen LogP contribution in [0.5, 0.6) is 0 Å².